The summed E-state index contributed by atoms with van der Waals surface area (Å²) < 4.78 is 10.9. The van der Waals surface area contributed by atoms with Crippen molar-refractivity contribution in [2.75, 3.05) is 6.26 Å². The van der Waals surface area contributed by atoms with Gasteiger partial charge >= 0.3 is 0 Å². The number of hydrogen-bond donors (Lipinski definition) is 2. The third-order valence-electron chi connectivity index (χ3n) is 1.28. The zero-order valence-corrected chi connectivity index (χ0v) is 7.65. The van der Waals surface area contributed by atoms with Crippen LogP contribution in [0, 0.1) is 0 Å². The Morgan fingerprint density at radius 1 is 1.55 bits per heavy atom. The summed E-state index contributed by atoms with van der Waals surface area (Å²) in [5.74, 6) is 0.0704. The summed E-state index contributed by atoms with van der Waals surface area (Å²) in [6.07, 6.45) is 1.56. The highest BCUT2D eigenvalue weighted by molar-refractivity contribution is 7.90. The Hall–Kier alpha value is -0.320. The van der Waals surface area contributed by atoms with Gasteiger partial charge in [0.2, 0.25) is 0 Å². The zero-order chi connectivity index (χ0) is 8.43. The van der Waals surface area contributed by atoms with Crippen LogP contribution in [0.5, 0.6) is 5.75 Å². The molecule has 0 amide bonds. The SMILES string of the molecule is C[S+]([O-])c1ccc(S)c(O)c1. The second-order valence-electron chi connectivity index (χ2n) is 2.10. The number of aromatic hydroxyl groups is 1. The van der Waals surface area contributed by atoms with E-state index in [-0.39, 0.29) is 5.75 Å². The summed E-state index contributed by atoms with van der Waals surface area (Å²) in [5, 5.41) is 9.14. The molecule has 1 rings (SSSR count). The van der Waals surface area contributed by atoms with Crippen LogP contribution in [0.3, 0.4) is 0 Å². The molecule has 0 saturated heterocycles. The van der Waals surface area contributed by atoms with Crippen molar-refractivity contribution in [2.45, 2.75) is 9.79 Å². The molecule has 0 aromatic heterocycles. The first-order chi connectivity index (χ1) is 5.11. The van der Waals surface area contributed by atoms with E-state index in [4.69, 9.17) is 5.11 Å². The van der Waals surface area contributed by atoms with Crippen LogP contribution in [0.4, 0.5) is 0 Å². The lowest BCUT2D eigenvalue weighted by Crippen LogP contribution is -1.96. The van der Waals surface area contributed by atoms with Crippen LogP contribution in [0.25, 0.3) is 0 Å². The molecule has 0 fully saturated rings. The van der Waals surface area contributed by atoms with Crippen molar-refractivity contribution in [3.05, 3.63) is 18.2 Å². The zero-order valence-electron chi connectivity index (χ0n) is 5.94. The molecule has 0 aliphatic heterocycles. The Morgan fingerprint density at radius 3 is 2.64 bits per heavy atom. The van der Waals surface area contributed by atoms with Crippen molar-refractivity contribution in [1.82, 2.24) is 0 Å². The van der Waals surface area contributed by atoms with Gasteiger partial charge in [-0.3, -0.25) is 0 Å². The standard InChI is InChI=1S/C7H8O2S2/c1-11(9)5-2-3-7(10)6(8)4-5/h2-4,8,10H,1H3. The topological polar surface area (TPSA) is 43.3 Å². The number of thiol groups is 1. The Morgan fingerprint density at radius 2 is 2.18 bits per heavy atom. The largest absolute Gasteiger partial charge is 0.612 e. The van der Waals surface area contributed by atoms with E-state index in [2.05, 4.69) is 12.6 Å². The molecule has 1 aromatic carbocycles. The van der Waals surface area contributed by atoms with Gasteiger partial charge in [0, 0.05) is 11.0 Å². The number of benzene rings is 1. The van der Waals surface area contributed by atoms with Gasteiger partial charge in [-0.25, -0.2) is 0 Å². The molecule has 0 radical (unpaired) electrons. The Bertz CT molecular complexity index is 261. The molecule has 1 aromatic rings. The summed E-state index contributed by atoms with van der Waals surface area (Å²) in [4.78, 5) is 1.11. The van der Waals surface area contributed by atoms with Gasteiger partial charge in [0.05, 0.1) is 0 Å². The molecule has 0 aliphatic rings. The average molecular weight is 188 g/mol. The molecule has 0 saturated carbocycles. The third-order valence-corrected chi connectivity index (χ3v) is 2.57. The summed E-state index contributed by atoms with van der Waals surface area (Å²) in [6, 6.07) is 4.76. The van der Waals surface area contributed by atoms with Crippen molar-refractivity contribution >= 4 is 23.8 Å². The van der Waals surface area contributed by atoms with Crippen LogP contribution in [-0.4, -0.2) is 15.9 Å². The van der Waals surface area contributed by atoms with Gasteiger partial charge in [-0.15, -0.1) is 12.6 Å². The Labute approximate surface area is 73.8 Å². The fraction of sp³-hybridized carbons (Fsp3) is 0.143. The monoisotopic (exact) mass is 188 g/mol. The summed E-state index contributed by atoms with van der Waals surface area (Å²) in [5.41, 5.74) is 0. The van der Waals surface area contributed by atoms with Gasteiger partial charge in [-0.1, -0.05) is 0 Å². The number of phenols is 1. The van der Waals surface area contributed by atoms with Gasteiger partial charge in [0.25, 0.3) is 0 Å². The van der Waals surface area contributed by atoms with Crippen LogP contribution in [0.15, 0.2) is 28.0 Å². The van der Waals surface area contributed by atoms with Crippen molar-refractivity contribution < 1.29 is 9.66 Å². The van der Waals surface area contributed by atoms with E-state index in [1.165, 1.54) is 6.07 Å². The smallest absolute Gasteiger partial charge is 0.156 e. The van der Waals surface area contributed by atoms with Crippen molar-refractivity contribution in [2.24, 2.45) is 0 Å². The van der Waals surface area contributed by atoms with Crippen molar-refractivity contribution in [3.63, 3.8) is 0 Å². The molecule has 0 bridgehead atoms. The van der Waals surface area contributed by atoms with E-state index < -0.39 is 11.2 Å². The highest BCUT2D eigenvalue weighted by Crippen LogP contribution is 2.24. The quantitative estimate of drug-likeness (QED) is 0.517. The normalized spacial score (nSPS) is 13.0. The minimum Gasteiger partial charge on any atom is -0.612 e. The summed E-state index contributed by atoms with van der Waals surface area (Å²) >= 11 is 2.92. The number of hydrogen-bond acceptors (Lipinski definition) is 3. The highest BCUT2D eigenvalue weighted by atomic mass is 32.2. The van der Waals surface area contributed by atoms with Crippen LogP contribution in [0.1, 0.15) is 0 Å². The van der Waals surface area contributed by atoms with Crippen LogP contribution in [0.2, 0.25) is 0 Å². The molecule has 0 aliphatic carbocycles. The van der Waals surface area contributed by atoms with Crippen LogP contribution >= 0.6 is 12.6 Å². The maximum Gasteiger partial charge on any atom is 0.156 e. The Kier molecular flexibility index (Phi) is 2.70. The van der Waals surface area contributed by atoms with E-state index in [1.807, 2.05) is 0 Å². The van der Waals surface area contributed by atoms with Gasteiger partial charge in [0.1, 0.15) is 12.0 Å². The van der Waals surface area contributed by atoms with E-state index in [1.54, 1.807) is 18.4 Å². The van der Waals surface area contributed by atoms with Gasteiger partial charge in [0.15, 0.2) is 4.90 Å². The maximum atomic E-state index is 10.9. The molecule has 0 spiro atoms. The first-order valence-electron chi connectivity index (χ1n) is 2.96. The summed E-state index contributed by atoms with van der Waals surface area (Å²) in [6.45, 7) is 0. The van der Waals surface area contributed by atoms with Gasteiger partial charge < -0.3 is 9.66 Å². The van der Waals surface area contributed by atoms with E-state index in [0.717, 1.165) is 0 Å². The molecule has 4 heteroatoms. The maximum absolute atomic E-state index is 10.9. The molecule has 1 N–H and O–H groups in total. The molecule has 11 heavy (non-hydrogen) atoms. The fourth-order valence-corrected chi connectivity index (χ4v) is 1.36. The molecule has 2 nitrogen and oxygen atoms in total. The van der Waals surface area contributed by atoms with Crippen LogP contribution < -0.4 is 0 Å². The first kappa shape index (κ1) is 8.77. The van der Waals surface area contributed by atoms with Crippen molar-refractivity contribution in [1.29, 1.82) is 0 Å². The minimum absolute atomic E-state index is 0.0704. The molecule has 60 valence electrons. The molecular weight excluding hydrogens is 180 g/mol. The van der Waals surface area contributed by atoms with E-state index in [9.17, 15) is 4.55 Å². The van der Waals surface area contributed by atoms with E-state index in [0.29, 0.717) is 9.79 Å². The molecule has 1 unspecified atom stereocenters. The lowest BCUT2D eigenvalue weighted by molar-refractivity contribution is 0.460. The average Bonchev–Trinajstić information content (AvgIpc) is 1.94. The summed E-state index contributed by atoms with van der Waals surface area (Å²) in [7, 11) is 0. The molecule has 0 heterocycles. The predicted molar refractivity (Wildman–Crippen MR) is 47.7 cm³/mol. The molecular formula is C7H8O2S2. The first-order valence-corrected chi connectivity index (χ1v) is 4.97. The Balaban J connectivity index is 3.05. The second-order valence-corrected chi connectivity index (χ2v) is 3.97. The lowest BCUT2D eigenvalue weighted by Gasteiger charge is -2.04. The van der Waals surface area contributed by atoms with Crippen LogP contribution in [-0.2, 0) is 11.2 Å². The number of phenolic OH excluding ortho intramolecular Hbond substituents is 1. The highest BCUT2D eigenvalue weighted by Gasteiger charge is 2.05. The minimum atomic E-state index is -1.04. The predicted octanol–water partition coefficient (Wildman–Crippen LogP) is 1.42. The fourth-order valence-electron chi connectivity index (χ4n) is 0.682. The lowest BCUT2D eigenvalue weighted by atomic mass is 10.3. The van der Waals surface area contributed by atoms with Crippen molar-refractivity contribution in [3.8, 4) is 5.75 Å². The molecule has 1 atom stereocenters. The van der Waals surface area contributed by atoms with Gasteiger partial charge in [-0.2, -0.15) is 0 Å². The number of rotatable bonds is 1. The van der Waals surface area contributed by atoms with Gasteiger partial charge in [-0.05, 0) is 23.3 Å². The van der Waals surface area contributed by atoms with E-state index >= 15 is 0 Å². The third kappa shape index (κ3) is 2.05. The second kappa shape index (κ2) is 3.38.